The van der Waals surface area contributed by atoms with Gasteiger partial charge in [0, 0.05) is 12.1 Å². The van der Waals surface area contributed by atoms with Crippen LogP contribution in [0.25, 0.3) is 0 Å². The van der Waals surface area contributed by atoms with Crippen molar-refractivity contribution in [2.75, 3.05) is 0 Å². The third-order valence-electron chi connectivity index (χ3n) is 3.36. The number of rotatable bonds is 4. The molecule has 0 spiro atoms. The molecule has 0 aromatic heterocycles. The van der Waals surface area contributed by atoms with Gasteiger partial charge in [0.2, 0.25) is 10.0 Å². The van der Waals surface area contributed by atoms with E-state index in [4.69, 9.17) is 0 Å². The Morgan fingerprint density at radius 2 is 1.80 bits per heavy atom. The van der Waals surface area contributed by atoms with E-state index in [0.717, 1.165) is 25.0 Å². The van der Waals surface area contributed by atoms with Crippen LogP contribution in [0.5, 0.6) is 0 Å². The highest BCUT2D eigenvalue weighted by molar-refractivity contribution is 7.89. The smallest absolute Gasteiger partial charge is 0.258 e. The van der Waals surface area contributed by atoms with Crippen molar-refractivity contribution in [3.8, 4) is 6.07 Å². The largest absolute Gasteiger partial charge is 0.269 e. The van der Waals surface area contributed by atoms with E-state index >= 15 is 0 Å². The number of hydrogen-bond acceptors (Lipinski definition) is 5. The van der Waals surface area contributed by atoms with Crippen LogP contribution in [0.1, 0.15) is 25.7 Å². The molecule has 1 fully saturated rings. The minimum Gasteiger partial charge on any atom is -0.258 e. The third-order valence-corrected chi connectivity index (χ3v) is 4.91. The Labute approximate surface area is 116 Å². The Balaban J connectivity index is 2.26. The monoisotopic (exact) mass is 295 g/mol. The summed E-state index contributed by atoms with van der Waals surface area (Å²) in [7, 11) is -3.85. The molecule has 8 heteroatoms. The van der Waals surface area contributed by atoms with Gasteiger partial charge in [0.25, 0.3) is 5.69 Å². The van der Waals surface area contributed by atoms with Gasteiger partial charge in [-0.2, -0.15) is 9.98 Å². The van der Waals surface area contributed by atoms with Gasteiger partial charge in [-0.15, -0.1) is 0 Å². The average Bonchev–Trinajstić information content (AvgIpc) is 2.87. The maximum Gasteiger partial charge on any atom is 0.269 e. The van der Waals surface area contributed by atoms with Crippen molar-refractivity contribution < 1.29 is 13.3 Å². The molecule has 0 unspecified atom stereocenters. The normalized spacial score (nSPS) is 17.6. The lowest BCUT2D eigenvalue weighted by Crippen LogP contribution is -2.44. The van der Waals surface area contributed by atoms with Crippen LogP contribution in [0.15, 0.2) is 29.2 Å². The van der Waals surface area contributed by atoms with Gasteiger partial charge >= 0.3 is 0 Å². The van der Waals surface area contributed by atoms with Crippen LogP contribution in [0.3, 0.4) is 0 Å². The third kappa shape index (κ3) is 2.79. The van der Waals surface area contributed by atoms with Crippen molar-refractivity contribution >= 4 is 15.7 Å². The SMILES string of the molecule is N#CC1(NS(=O)(=O)c2ccc([N+](=O)[O-])cc2)CCCC1. The van der Waals surface area contributed by atoms with E-state index in [9.17, 15) is 23.8 Å². The molecule has 7 nitrogen and oxygen atoms in total. The quantitative estimate of drug-likeness (QED) is 0.671. The van der Waals surface area contributed by atoms with Crippen molar-refractivity contribution in [3.63, 3.8) is 0 Å². The fourth-order valence-corrected chi connectivity index (χ4v) is 3.65. The average molecular weight is 295 g/mol. The summed E-state index contributed by atoms with van der Waals surface area (Å²) in [4.78, 5) is 9.86. The van der Waals surface area contributed by atoms with Crippen molar-refractivity contribution in [2.45, 2.75) is 36.1 Å². The van der Waals surface area contributed by atoms with Crippen molar-refractivity contribution in [3.05, 3.63) is 34.4 Å². The highest BCUT2D eigenvalue weighted by Crippen LogP contribution is 2.30. The standard InChI is InChI=1S/C12H13N3O4S/c13-9-12(7-1-2-8-12)14-20(18,19)11-5-3-10(4-6-11)15(16)17/h3-6,14H,1-2,7-8H2. The Bertz CT molecular complexity index is 655. The van der Waals surface area contributed by atoms with Gasteiger partial charge < -0.3 is 0 Å². The van der Waals surface area contributed by atoms with Gasteiger partial charge in [-0.1, -0.05) is 12.8 Å². The van der Waals surface area contributed by atoms with Crippen LogP contribution in [0.4, 0.5) is 5.69 Å². The molecule has 1 aliphatic carbocycles. The molecule has 0 aliphatic heterocycles. The lowest BCUT2D eigenvalue weighted by atomic mass is 10.0. The number of hydrogen-bond donors (Lipinski definition) is 1. The first-order valence-corrected chi connectivity index (χ1v) is 7.57. The van der Waals surface area contributed by atoms with Crippen LogP contribution in [-0.2, 0) is 10.0 Å². The number of non-ortho nitro benzene ring substituents is 1. The van der Waals surface area contributed by atoms with Crippen LogP contribution >= 0.6 is 0 Å². The van der Waals surface area contributed by atoms with E-state index in [1.54, 1.807) is 0 Å². The molecule has 0 atom stereocenters. The molecule has 1 aromatic carbocycles. The van der Waals surface area contributed by atoms with Crippen LogP contribution in [0, 0.1) is 21.4 Å². The fourth-order valence-electron chi connectivity index (χ4n) is 2.28. The molecule has 1 aliphatic rings. The maximum absolute atomic E-state index is 12.2. The second kappa shape index (κ2) is 5.19. The first-order valence-electron chi connectivity index (χ1n) is 6.08. The number of sulfonamides is 1. The molecule has 0 radical (unpaired) electrons. The first kappa shape index (κ1) is 14.4. The van der Waals surface area contributed by atoms with E-state index in [2.05, 4.69) is 4.72 Å². The topological polar surface area (TPSA) is 113 Å². The van der Waals surface area contributed by atoms with Crippen molar-refractivity contribution in [2.24, 2.45) is 0 Å². The summed E-state index contributed by atoms with van der Waals surface area (Å²) in [5.74, 6) is 0. The van der Waals surface area contributed by atoms with E-state index in [0.29, 0.717) is 12.8 Å². The number of benzene rings is 1. The summed E-state index contributed by atoms with van der Waals surface area (Å²) in [6.45, 7) is 0. The summed E-state index contributed by atoms with van der Waals surface area (Å²) in [5.41, 5.74) is -1.24. The lowest BCUT2D eigenvalue weighted by Gasteiger charge is -2.21. The molecule has 1 saturated carbocycles. The van der Waals surface area contributed by atoms with E-state index in [1.807, 2.05) is 6.07 Å². The zero-order chi connectivity index (χ0) is 14.8. The summed E-state index contributed by atoms with van der Waals surface area (Å²) < 4.78 is 26.8. The maximum atomic E-state index is 12.2. The predicted molar refractivity (Wildman–Crippen MR) is 70.2 cm³/mol. The molecule has 0 bridgehead atoms. The Morgan fingerprint density at radius 3 is 2.25 bits per heavy atom. The first-order chi connectivity index (χ1) is 9.38. The highest BCUT2D eigenvalue weighted by atomic mass is 32.2. The summed E-state index contributed by atoms with van der Waals surface area (Å²) in [6, 6.07) is 6.62. The molecule has 2 rings (SSSR count). The van der Waals surface area contributed by atoms with Crippen LogP contribution < -0.4 is 4.72 Å². The lowest BCUT2D eigenvalue weighted by molar-refractivity contribution is -0.384. The van der Waals surface area contributed by atoms with Gasteiger partial charge in [-0.3, -0.25) is 10.1 Å². The zero-order valence-electron chi connectivity index (χ0n) is 10.6. The Morgan fingerprint density at radius 1 is 1.25 bits per heavy atom. The fraction of sp³-hybridized carbons (Fsp3) is 0.417. The van der Waals surface area contributed by atoms with Crippen LogP contribution in [-0.4, -0.2) is 18.9 Å². The number of nitriles is 1. The van der Waals surface area contributed by atoms with E-state index < -0.39 is 20.5 Å². The minimum absolute atomic E-state index is 0.0791. The summed E-state index contributed by atoms with van der Waals surface area (Å²) >= 11 is 0. The zero-order valence-corrected chi connectivity index (χ0v) is 11.4. The molecular formula is C12H13N3O4S. The van der Waals surface area contributed by atoms with Crippen molar-refractivity contribution in [1.82, 2.24) is 4.72 Å². The molecule has 20 heavy (non-hydrogen) atoms. The summed E-state index contributed by atoms with van der Waals surface area (Å²) in [5, 5.41) is 19.7. The number of nitrogens with zero attached hydrogens (tertiary/aromatic N) is 2. The van der Waals surface area contributed by atoms with Gasteiger partial charge in [-0.05, 0) is 25.0 Å². The van der Waals surface area contributed by atoms with Gasteiger partial charge in [0.1, 0.15) is 5.54 Å². The van der Waals surface area contributed by atoms with Crippen LogP contribution in [0.2, 0.25) is 0 Å². The molecule has 0 amide bonds. The second-order valence-corrected chi connectivity index (χ2v) is 6.44. The minimum atomic E-state index is -3.85. The van der Waals surface area contributed by atoms with Gasteiger partial charge in [0.05, 0.1) is 15.9 Å². The molecule has 1 aromatic rings. The Hall–Kier alpha value is -1.98. The van der Waals surface area contributed by atoms with Gasteiger partial charge in [0.15, 0.2) is 0 Å². The number of nitro groups is 1. The number of nitro benzene ring substituents is 1. The number of nitrogens with one attached hydrogen (secondary N) is 1. The molecule has 1 N–H and O–H groups in total. The highest BCUT2D eigenvalue weighted by Gasteiger charge is 2.38. The second-order valence-electron chi connectivity index (χ2n) is 4.76. The molecule has 0 saturated heterocycles. The molecular weight excluding hydrogens is 282 g/mol. The van der Waals surface area contributed by atoms with Gasteiger partial charge in [-0.25, -0.2) is 8.42 Å². The van der Waals surface area contributed by atoms with E-state index in [1.165, 1.54) is 12.1 Å². The van der Waals surface area contributed by atoms with E-state index in [-0.39, 0.29) is 10.6 Å². The predicted octanol–water partition coefficient (Wildman–Crippen LogP) is 1.71. The summed E-state index contributed by atoms with van der Waals surface area (Å²) in [6.07, 6.45) is 2.57. The van der Waals surface area contributed by atoms with Crippen molar-refractivity contribution in [1.29, 1.82) is 5.26 Å². The molecule has 106 valence electrons. The molecule has 0 heterocycles. The Kier molecular flexibility index (Phi) is 3.74.